The number of hydrogen-bond acceptors (Lipinski definition) is 4. The van der Waals surface area contributed by atoms with Crippen molar-refractivity contribution < 1.29 is 18.0 Å². The van der Waals surface area contributed by atoms with Crippen LogP contribution in [0.25, 0.3) is 0 Å². The van der Waals surface area contributed by atoms with Gasteiger partial charge in [-0.25, -0.2) is 8.42 Å². The molecule has 192 valence electrons. The number of amides is 2. The molecular weight excluding hydrogens is 462 g/mol. The number of benzene rings is 2. The van der Waals surface area contributed by atoms with E-state index in [-0.39, 0.29) is 30.8 Å². The van der Waals surface area contributed by atoms with Crippen LogP contribution in [0.1, 0.15) is 51.7 Å². The summed E-state index contributed by atoms with van der Waals surface area (Å²) < 4.78 is 26.2. The number of carbonyl (C=O) groups excluding carboxylic acids is 2. The Kier molecular flexibility index (Phi) is 10.8. The number of rotatable bonds is 13. The van der Waals surface area contributed by atoms with Gasteiger partial charge in [-0.15, -0.1) is 0 Å². The Morgan fingerprint density at radius 3 is 2.09 bits per heavy atom. The molecule has 0 heterocycles. The Balaban J connectivity index is 2.10. The van der Waals surface area contributed by atoms with Gasteiger partial charge in [-0.05, 0) is 63.3 Å². The van der Waals surface area contributed by atoms with Crippen molar-refractivity contribution in [3.8, 4) is 0 Å². The molecule has 1 atom stereocenters. The average Bonchev–Trinajstić information content (AvgIpc) is 2.81. The first-order valence-corrected chi connectivity index (χ1v) is 14.1. The summed E-state index contributed by atoms with van der Waals surface area (Å²) in [6, 6.07) is 16.6. The first-order chi connectivity index (χ1) is 16.5. The lowest BCUT2D eigenvalue weighted by molar-refractivity contribution is -0.140. The summed E-state index contributed by atoms with van der Waals surface area (Å²) >= 11 is 0. The summed E-state index contributed by atoms with van der Waals surface area (Å²) in [5.74, 6) is -0.364. The molecule has 2 rings (SSSR count). The van der Waals surface area contributed by atoms with E-state index in [1.54, 1.807) is 24.0 Å². The lowest BCUT2D eigenvalue weighted by Gasteiger charge is -2.30. The topological polar surface area (TPSA) is 86.8 Å². The van der Waals surface area contributed by atoms with Crippen LogP contribution in [0, 0.1) is 0 Å². The zero-order valence-electron chi connectivity index (χ0n) is 21.5. The second kappa shape index (κ2) is 13.3. The highest BCUT2D eigenvalue weighted by Crippen LogP contribution is 2.20. The van der Waals surface area contributed by atoms with E-state index in [0.717, 1.165) is 17.5 Å². The summed E-state index contributed by atoms with van der Waals surface area (Å²) in [4.78, 5) is 27.5. The lowest BCUT2D eigenvalue weighted by atomic mass is 10.1. The maximum Gasteiger partial charge on any atom is 0.242 e. The number of aryl methyl sites for hydroxylation is 1. The Morgan fingerprint density at radius 2 is 1.54 bits per heavy atom. The molecule has 0 fully saturated rings. The van der Waals surface area contributed by atoms with E-state index in [9.17, 15) is 18.0 Å². The third-order valence-corrected chi connectivity index (χ3v) is 7.06. The predicted octanol–water partition coefficient (Wildman–Crippen LogP) is 3.78. The van der Waals surface area contributed by atoms with Gasteiger partial charge in [0.05, 0.1) is 11.9 Å². The van der Waals surface area contributed by atoms with Gasteiger partial charge in [0.2, 0.25) is 21.8 Å². The van der Waals surface area contributed by atoms with Crippen LogP contribution < -0.4 is 9.62 Å². The Hall–Kier alpha value is -2.87. The maximum atomic E-state index is 13.2. The SMILES string of the molecule is CCc1ccc(N(CCCC(=O)N(CCc2ccccc2)[C@@H](C)C(=O)NC(C)C)S(C)(=O)=O)cc1. The molecule has 0 aliphatic carbocycles. The van der Waals surface area contributed by atoms with Gasteiger partial charge in [0.15, 0.2) is 0 Å². The number of hydrogen-bond donors (Lipinski definition) is 1. The van der Waals surface area contributed by atoms with E-state index < -0.39 is 16.1 Å². The molecular formula is C27H39N3O4S. The fourth-order valence-corrected chi connectivity index (χ4v) is 4.84. The van der Waals surface area contributed by atoms with Crippen LogP contribution >= 0.6 is 0 Å². The van der Waals surface area contributed by atoms with Crippen LogP contribution in [0.2, 0.25) is 0 Å². The molecule has 2 aromatic carbocycles. The summed E-state index contributed by atoms with van der Waals surface area (Å²) in [5, 5.41) is 2.88. The number of carbonyl (C=O) groups is 2. The molecule has 0 radical (unpaired) electrons. The van der Waals surface area contributed by atoms with Crippen LogP contribution in [0.5, 0.6) is 0 Å². The molecule has 1 N–H and O–H groups in total. The third kappa shape index (κ3) is 9.02. The van der Waals surface area contributed by atoms with Crippen LogP contribution in [0.3, 0.4) is 0 Å². The van der Waals surface area contributed by atoms with Crippen LogP contribution in [-0.2, 0) is 32.5 Å². The minimum atomic E-state index is -3.50. The van der Waals surface area contributed by atoms with Gasteiger partial charge in [0.25, 0.3) is 0 Å². The first kappa shape index (κ1) is 28.4. The van der Waals surface area contributed by atoms with E-state index in [1.807, 2.05) is 63.2 Å². The normalized spacial score (nSPS) is 12.3. The molecule has 0 bridgehead atoms. The fraction of sp³-hybridized carbons (Fsp3) is 0.481. The van der Waals surface area contributed by atoms with Gasteiger partial charge in [-0.2, -0.15) is 0 Å². The molecule has 0 unspecified atom stereocenters. The van der Waals surface area contributed by atoms with Crippen molar-refractivity contribution in [2.45, 2.75) is 65.5 Å². The third-order valence-electron chi connectivity index (χ3n) is 5.87. The lowest BCUT2D eigenvalue weighted by Crippen LogP contribution is -2.50. The van der Waals surface area contributed by atoms with Gasteiger partial charge in [-0.3, -0.25) is 13.9 Å². The smallest absolute Gasteiger partial charge is 0.242 e. The highest BCUT2D eigenvalue weighted by molar-refractivity contribution is 7.92. The van der Waals surface area contributed by atoms with E-state index in [2.05, 4.69) is 5.32 Å². The van der Waals surface area contributed by atoms with Crippen molar-refractivity contribution in [3.63, 3.8) is 0 Å². The molecule has 2 aromatic rings. The average molecular weight is 502 g/mol. The number of sulfonamides is 1. The van der Waals surface area contributed by atoms with Gasteiger partial charge in [0, 0.05) is 25.6 Å². The molecule has 0 saturated heterocycles. The molecule has 7 nitrogen and oxygen atoms in total. The second-order valence-electron chi connectivity index (χ2n) is 9.12. The summed E-state index contributed by atoms with van der Waals surface area (Å²) in [7, 11) is -3.50. The summed E-state index contributed by atoms with van der Waals surface area (Å²) in [5.41, 5.74) is 2.79. The molecule has 2 amide bonds. The Labute approximate surface area is 210 Å². The van der Waals surface area contributed by atoms with Crippen molar-refractivity contribution in [2.75, 3.05) is 23.7 Å². The van der Waals surface area contributed by atoms with Gasteiger partial charge < -0.3 is 10.2 Å². The first-order valence-electron chi connectivity index (χ1n) is 12.2. The number of anilines is 1. The fourth-order valence-electron chi connectivity index (χ4n) is 3.88. The van der Waals surface area contributed by atoms with Gasteiger partial charge in [0.1, 0.15) is 6.04 Å². The predicted molar refractivity (Wildman–Crippen MR) is 142 cm³/mol. The number of nitrogens with one attached hydrogen (secondary N) is 1. The van der Waals surface area contributed by atoms with Gasteiger partial charge in [-0.1, -0.05) is 49.4 Å². The van der Waals surface area contributed by atoms with E-state index in [1.165, 1.54) is 10.6 Å². The minimum absolute atomic E-state index is 0.0292. The quantitative estimate of drug-likeness (QED) is 0.453. The second-order valence-corrected chi connectivity index (χ2v) is 11.0. The molecule has 0 spiro atoms. The van der Waals surface area contributed by atoms with Crippen molar-refractivity contribution in [1.29, 1.82) is 0 Å². The van der Waals surface area contributed by atoms with Gasteiger partial charge >= 0.3 is 0 Å². The standard InChI is InChI=1S/C27H39N3O4S/c1-6-23-14-16-25(17-15-23)30(35(5,33)34)19-10-13-26(31)29(22(4)27(32)28-21(2)3)20-18-24-11-8-7-9-12-24/h7-9,11-12,14-17,21-22H,6,10,13,18-20H2,1-5H3,(H,28,32)/t22-/m0/s1. The molecule has 0 saturated carbocycles. The van der Waals surface area contributed by atoms with Crippen LogP contribution in [-0.4, -0.2) is 56.6 Å². The zero-order chi connectivity index (χ0) is 26.0. The highest BCUT2D eigenvalue weighted by atomic mass is 32.2. The highest BCUT2D eigenvalue weighted by Gasteiger charge is 2.26. The summed E-state index contributed by atoms with van der Waals surface area (Å²) in [6.07, 6.45) is 3.17. The largest absolute Gasteiger partial charge is 0.352 e. The van der Waals surface area contributed by atoms with Crippen molar-refractivity contribution in [1.82, 2.24) is 10.2 Å². The Bertz CT molecular complexity index is 1050. The van der Waals surface area contributed by atoms with Crippen molar-refractivity contribution >= 4 is 27.5 Å². The molecule has 0 aliphatic rings. The van der Waals surface area contributed by atoms with Crippen LogP contribution in [0.15, 0.2) is 54.6 Å². The van der Waals surface area contributed by atoms with E-state index in [4.69, 9.17) is 0 Å². The maximum absolute atomic E-state index is 13.2. The summed E-state index contributed by atoms with van der Waals surface area (Å²) in [6.45, 7) is 8.14. The molecule has 0 aliphatic heterocycles. The van der Waals surface area contributed by atoms with E-state index in [0.29, 0.717) is 25.1 Å². The molecule has 35 heavy (non-hydrogen) atoms. The van der Waals surface area contributed by atoms with Crippen molar-refractivity contribution in [3.05, 3.63) is 65.7 Å². The van der Waals surface area contributed by atoms with E-state index >= 15 is 0 Å². The number of nitrogens with zero attached hydrogens (tertiary/aromatic N) is 2. The Morgan fingerprint density at radius 1 is 0.914 bits per heavy atom. The monoisotopic (exact) mass is 501 g/mol. The van der Waals surface area contributed by atoms with Crippen molar-refractivity contribution in [2.24, 2.45) is 0 Å². The zero-order valence-corrected chi connectivity index (χ0v) is 22.3. The van der Waals surface area contributed by atoms with Crippen LogP contribution in [0.4, 0.5) is 5.69 Å². The minimum Gasteiger partial charge on any atom is -0.352 e. The molecule has 8 heteroatoms. The molecule has 0 aromatic heterocycles.